The molecule has 3 rings (SSSR count). The molecule has 1 heterocycles. The maximum atomic E-state index is 8.99. The van der Waals surface area contributed by atoms with Crippen LogP contribution >= 0.6 is 11.3 Å². The Hall–Kier alpha value is -1.44. The fourth-order valence-electron chi connectivity index (χ4n) is 2.55. The van der Waals surface area contributed by atoms with Gasteiger partial charge in [-0.1, -0.05) is 35.6 Å². The van der Waals surface area contributed by atoms with E-state index >= 15 is 0 Å². The van der Waals surface area contributed by atoms with Crippen LogP contribution in [0.15, 0.2) is 48.5 Å². The Morgan fingerprint density at radius 2 is 1.79 bits per heavy atom. The summed E-state index contributed by atoms with van der Waals surface area (Å²) in [6.07, 6.45) is 4.30. The van der Waals surface area contributed by atoms with Crippen molar-refractivity contribution in [3.8, 4) is 0 Å². The molecule has 0 radical (unpaired) electrons. The van der Waals surface area contributed by atoms with Gasteiger partial charge in [-0.3, -0.25) is 0 Å². The van der Waals surface area contributed by atoms with Gasteiger partial charge in [0.2, 0.25) is 5.52 Å². The van der Waals surface area contributed by atoms with Crippen molar-refractivity contribution in [3.05, 3.63) is 59.1 Å². The molecule has 24 heavy (non-hydrogen) atoms. The van der Waals surface area contributed by atoms with Crippen LogP contribution in [-0.4, -0.2) is 25.3 Å². The summed E-state index contributed by atoms with van der Waals surface area (Å²) in [5, 5.41) is 10.2. The molecule has 0 saturated heterocycles. The molecule has 2 aromatic carbocycles. The molecule has 5 heteroatoms. The van der Waals surface area contributed by atoms with Gasteiger partial charge < -0.3 is 34.0 Å². The molecule has 0 saturated carbocycles. The van der Waals surface area contributed by atoms with Gasteiger partial charge in [0.25, 0.3) is 5.01 Å². The van der Waals surface area contributed by atoms with Crippen LogP contribution in [0, 0.1) is 0 Å². The average Bonchev–Trinajstić information content (AvgIpc) is 2.90. The number of anilines is 1. The van der Waals surface area contributed by atoms with E-state index in [0.29, 0.717) is 6.54 Å². The van der Waals surface area contributed by atoms with Crippen molar-refractivity contribution < 1.29 is 33.7 Å². The molecule has 0 aliphatic carbocycles. The molecule has 0 unspecified atom stereocenters. The van der Waals surface area contributed by atoms with Crippen molar-refractivity contribution in [3.63, 3.8) is 0 Å². The monoisotopic (exact) mass is 452 g/mol. The summed E-state index contributed by atoms with van der Waals surface area (Å²) in [6.45, 7) is 0.813. The molecule has 3 nitrogen and oxygen atoms in total. The number of hydrogen-bond donors (Lipinski definition) is 1. The predicted molar refractivity (Wildman–Crippen MR) is 98.7 cm³/mol. The SMILES string of the molecule is CN(CCO)c1ccc(/C=C/c2sc3ccccc3[n+]2C)cc1.[I-]. The molecular formula is C19H21IN2OS. The van der Waals surface area contributed by atoms with Gasteiger partial charge in [0.1, 0.15) is 11.7 Å². The van der Waals surface area contributed by atoms with E-state index in [4.69, 9.17) is 5.11 Å². The van der Waals surface area contributed by atoms with Crippen molar-refractivity contribution in [1.82, 2.24) is 0 Å². The van der Waals surface area contributed by atoms with E-state index in [1.165, 1.54) is 20.8 Å². The zero-order valence-corrected chi connectivity index (χ0v) is 16.8. The summed E-state index contributed by atoms with van der Waals surface area (Å²) < 4.78 is 3.52. The second kappa shape index (κ2) is 8.60. The Morgan fingerprint density at radius 3 is 2.46 bits per heavy atom. The first kappa shape index (κ1) is 18.9. The first-order chi connectivity index (χ1) is 11.2. The topological polar surface area (TPSA) is 27.3 Å². The summed E-state index contributed by atoms with van der Waals surface area (Å²) in [5.41, 5.74) is 3.55. The number of thiazole rings is 1. The number of aliphatic hydroxyl groups excluding tert-OH is 1. The summed E-state index contributed by atoms with van der Waals surface area (Å²) in [7, 11) is 4.09. The number of halogens is 1. The fourth-order valence-corrected chi connectivity index (χ4v) is 3.61. The van der Waals surface area contributed by atoms with Crippen LogP contribution in [0.2, 0.25) is 0 Å². The average molecular weight is 452 g/mol. The minimum atomic E-state index is 0. The van der Waals surface area contributed by atoms with Crippen LogP contribution in [-0.2, 0) is 7.05 Å². The van der Waals surface area contributed by atoms with E-state index in [9.17, 15) is 0 Å². The Bertz CT molecular complexity index is 827. The molecule has 126 valence electrons. The van der Waals surface area contributed by atoms with Crippen LogP contribution in [0.5, 0.6) is 0 Å². The minimum Gasteiger partial charge on any atom is -1.00 e. The Kier molecular flexibility index (Phi) is 6.77. The highest BCUT2D eigenvalue weighted by atomic mass is 127. The number of aliphatic hydroxyl groups is 1. The van der Waals surface area contributed by atoms with Crippen molar-refractivity contribution >= 4 is 39.4 Å². The van der Waals surface area contributed by atoms with Gasteiger partial charge in [-0.2, -0.15) is 4.57 Å². The van der Waals surface area contributed by atoms with Gasteiger partial charge in [0, 0.05) is 31.4 Å². The fraction of sp³-hybridized carbons (Fsp3) is 0.211. The molecule has 1 aromatic heterocycles. The Morgan fingerprint density at radius 1 is 1.08 bits per heavy atom. The standard InChI is InChI=1S/C19H21N2OS.HI/c1-20(13-14-22)16-10-7-15(8-11-16)9-12-19-21(2)17-5-3-4-6-18(17)23-19;/h3-12,22H,13-14H2,1-2H3;1H/q+1;/p-1. The molecule has 0 atom stereocenters. The summed E-state index contributed by atoms with van der Waals surface area (Å²) in [6, 6.07) is 16.8. The maximum Gasteiger partial charge on any atom is 0.262 e. The van der Waals surface area contributed by atoms with Gasteiger partial charge in [0.05, 0.1) is 6.61 Å². The van der Waals surface area contributed by atoms with Crippen LogP contribution < -0.4 is 33.4 Å². The van der Waals surface area contributed by atoms with Gasteiger partial charge >= 0.3 is 0 Å². The number of benzene rings is 2. The third-order valence-electron chi connectivity index (χ3n) is 3.96. The maximum absolute atomic E-state index is 8.99. The van der Waals surface area contributed by atoms with E-state index in [1.807, 2.05) is 11.9 Å². The van der Waals surface area contributed by atoms with Crippen molar-refractivity contribution in [2.24, 2.45) is 7.05 Å². The highest BCUT2D eigenvalue weighted by molar-refractivity contribution is 7.18. The molecule has 0 bridgehead atoms. The lowest BCUT2D eigenvalue weighted by Crippen LogP contribution is -3.00. The van der Waals surface area contributed by atoms with E-state index in [1.54, 1.807) is 11.3 Å². The second-order valence-electron chi connectivity index (χ2n) is 5.54. The number of hydrogen-bond acceptors (Lipinski definition) is 3. The summed E-state index contributed by atoms with van der Waals surface area (Å²) >= 11 is 1.80. The van der Waals surface area contributed by atoms with Crippen LogP contribution in [0.25, 0.3) is 22.4 Å². The molecular weight excluding hydrogens is 431 g/mol. The van der Waals surface area contributed by atoms with E-state index in [0.717, 1.165) is 5.69 Å². The van der Waals surface area contributed by atoms with Crippen LogP contribution in [0.4, 0.5) is 5.69 Å². The predicted octanol–water partition coefficient (Wildman–Crippen LogP) is 0.329. The number of rotatable bonds is 5. The number of aryl methyl sites for hydroxylation is 1. The van der Waals surface area contributed by atoms with E-state index in [-0.39, 0.29) is 30.6 Å². The molecule has 0 spiro atoms. The van der Waals surface area contributed by atoms with E-state index < -0.39 is 0 Å². The summed E-state index contributed by atoms with van der Waals surface area (Å²) in [5.74, 6) is 0. The third kappa shape index (κ3) is 4.15. The number of likely N-dealkylation sites (N-methyl/N-ethyl adjacent to an activating group) is 1. The summed E-state index contributed by atoms with van der Waals surface area (Å²) in [4.78, 5) is 2.04. The lowest BCUT2D eigenvalue weighted by molar-refractivity contribution is -0.642. The highest BCUT2D eigenvalue weighted by Gasteiger charge is 2.13. The highest BCUT2D eigenvalue weighted by Crippen LogP contribution is 2.21. The van der Waals surface area contributed by atoms with Crippen molar-refractivity contribution in [1.29, 1.82) is 0 Å². The zero-order chi connectivity index (χ0) is 16.2. The van der Waals surface area contributed by atoms with Gasteiger partial charge in [-0.15, -0.1) is 0 Å². The number of nitrogens with zero attached hydrogens (tertiary/aromatic N) is 2. The largest absolute Gasteiger partial charge is 1.00 e. The quantitative estimate of drug-likeness (QED) is 0.447. The smallest absolute Gasteiger partial charge is 0.262 e. The molecule has 0 aliphatic heterocycles. The minimum absolute atomic E-state index is 0. The molecule has 0 aliphatic rings. The second-order valence-corrected chi connectivity index (χ2v) is 6.60. The third-order valence-corrected chi connectivity index (χ3v) is 5.14. The zero-order valence-electron chi connectivity index (χ0n) is 13.8. The number of aromatic nitrogens is 1. The molecule has 3 aromatic rings. The van der Waals surface area contributed by atoms with Crippen molar-refractivity contribution in [2.75, 3.05) is 25.1 Å². The Balaban J connectivity index is 0.00000208. The Labute approximate surface area is 163 Å². The number of fused-ring (bicyclic) bond motifs is 1. The molecule has 0 fully saturated rings. The van der Waals surface area contributed by atoms with Gasteiger partial charge in [-0.05, 0) is 29.8 Å². The first-order valence-corrected chi connectivity index (χ1v) is 8.48. The van der Waals surface area contributed by atoms with Gasteiger partial charge in [0.15, 0.2) is 0 Å². The lowest BCUT2D eigenvalue weighted by Gasteiger charge is -2.17. The normalized spacial score (nSPS) is 11.0. The first-order valence-electron chi connectivity index (χ1n) is 7.67. The molecule has 0 amide bonds. The van der Waals surface area contributed by atoms with Crippen LogP contribution in [0.1, 0.15) is 10.6 Å². The number of para-hydroxylation sites is 1. The lowest BCUT2D eigenvalue weighted by atomic mass is 10.2. The van der Waals surface area contributed by atoms with E-state index in [2.05, 4.69) is 72.3 Å². The van der Waals surface area contributed by atoms with Gasteiger partial charge in [-0.25, -0.2) is 0 Å². The van der Waals surface area contributed by atoms with Crippen LogP contribution in [0.3, 0.4) is 0 Å². The van der Waals surface area contributed by atoms with Crippen molar-refractivity contribution in [2.45, 2.75) is 0 Å². The molecule has 1 N–H and O–H groups in total.